The molecule has 2 rings (SSSR count). The van der Waals surface area contributed by atoms with E-state index in [9.17, 15) is 26.3 Å². The summed E-state index contributed by atoms with van der Waals surface area (Å²) in [4.78, 5) is 7.45. The average molecular weight is 513 g/mol. The van der Waals surface area contributed by atoms with Crippen LogP contribution in [0.3, 0.4) is 0 Å². The molecule has 0 atom stereocenters. The molecule has 0 unspecified atom stereocenters. The second-order valence-corrected chi connectivity index (χ2v) is 10.1. The SMILES string of the molecule is CC(C)c1cccc(C(C)C)c1N=C(C(=Nc1c(C(C)C)cccc1C(C)C)C(F)(F)F)C(F)(F)F. The van der Waals surface area contributed by atoms with Crippen molar-refractivity contribution in [2.75, 3.05) is 0 Å². The summed E-state index contributed by atoms with van der Waals surface area (Å²) in [6.45, 7) is 14.1. The lowest BCUT2D eigenvalue weighted by Crippen LogP contribution is -2.40. The highest BCUT2D eigenvalue weighted by Crippen LogP contribution is 2.40. The van der Waals surface area contributed by atoms with Gasteiger partial charge in [-0.25, -0.2) is 9.98 Å². The fraction of sp³-hybridized carbons (Fsp3) is 0.500. The molecule has 0 bridgehead atoms. The zero-order valence-corrected chi connectivity index (χ0v) is 21.9. The number of benzene rings is 2. The predicted molar refractivity (Wildman–Crippen MR) is 136 cm³/mol. The Bertz CT molecular complexity index is 978. The third-order valence-electron chi connectivity index (χ3n) is 5.89. The van der Waals surface area contributed by atoms with Crippen LogP contribution in [0.1, 0.15) is 101 Å². The summed E-state index contributed by atoms with van der Waals surface area (Å²) >= 11 is 0. The molecule has 0 saturated carbocycles. The van der Waals surface area contributed by atoms with Crippen molar-refractivity contribution in [2.24, 2.45) is 9.98 Å². The first-order valence-corrected chi connectivity index (χ1v) is 12.0. The van der Waals surface area contributed by atoms with Crippen molar-refractivity contribution in [1.82, 2.24) is 0 Å². The van der Waals surface area contributed by atoms with Crippen LogP contribution < -0.4 is 0 Å². The molecule has 0 radical (unpaired) electrons. The Labute approximate surface area is 209 Å². The Morgan fingerprint density at radius 2 is 0.722 bits per heavy atom. The maximum absolute atomic E-state index is 14.4. The van der Waals surface area contributed by atoms with Crippen molar-refractivity contribution in [3.63, 3.8) is 0 Å². The van der Waals surface area contributed by atoms with Gasteiger partial charge in [0.2, 0.25) is 0 Å². The lowest BCUT2D eigenvalue weighted by atomic mass is 9.92. The van der Waals surface area contributed by atoms with Crippen LogP contribution in [-0.2, 0) is 0 Å². The van der Waals surface area contributed by atoms with E-state index in [4.69, 9.17) is 0 Å². The van der Waals surface area contributed by atoms with Crippen molar-refractivity contribution in [2.45, 2.75) is 91.4 Å². The van der Waals surface area contributed by atoms with Gasteiger partial charge >= 0.3 is 12.4 Å². The summed E-state index contributed by atoms with van der Waals surface area (Å²) in [5, 5.41) is 0. The molecule has 2 aromatic rings. The summed E-state index contributed by atoms with van der Waals surface area (Å²) in [7, 11) is 0. The number of aliphatic imine (C=N–C) groups is 2. The fourth-order valence-corrected chi connectivity index (χ4v) is 4.01. The molecule has 0 aliphatic rings. The van der Waals surface area contributed by atoms with Crippen molar-refractivity contribution in [3.8, 4) is 0 Å². The van der Waals surface area contributed by atoms with Gasteiger partial charge in [-0.1, -0.05) is 91.8 Å². The molecule has 8 heteroatoms. The number of alkyl halides is 6. The minimum absolute atomic E-state index is 0.0898. The van der Waals surface area contributed by atoms with Crippen LogP contribution in [0.2, 0.25) is 0 Å². The second-order valence-electron chi connectivity index (χ2n) is 10.1. The van der Waals surface area contributed by atoms with Gasteiger partial charge in [0.15, 0.2) is 11.4 Å². The standard InChI is InChI=1S/C28H34F6N2/c1-15(2)19-11-9-12-20(16(3)4)23(19)35-25(27(29,30)31)26(28(32,33)34)36-24-21(17(5)6)13-10-14-22(24)18(7)8/h9-18H,1-8H3. The minimum Gasteiger partial charge on any atom is -0.241 e. The molecule has 0 aliphatic heterocycles. The molecule has 0 aromatic heterocycles. The molecule has 0 N–H and O–H groups in total. The Hall–Kier alpha value is -2.64. The Balaban J connectivity index is 3.05. The van der Waals surface area contributed by atoms with Gasteiger partial charge in [-0.3, -0.25) is 0 Å². The monoisotopic (exact) mass is 512 g/mol. The molecule has 0 saturated heterocycles. The van der Waals surface area contributed by atoms with Gasteiger partial charge in [0, 0.05) is 0 Å². The second kappa shape index (κ2) is 11.2. The van der Waals surface area contributed by atoms with Crippen molar-refractivity contribution in [1.29, 1.82) is 0 Å². The third kappa shape index (κ3) is 6.77. The maximum Gasteiger partial charge on any atom is 0.435 e. The first-order chi connectivity index (χ1) is 16.5. The molecule has 2 nitrogen and oxygen atoms in total. The first kappa shape index (κ1) is 29.6. The summed E-state index contributed by atoms with van der Waals surface area (Å²) < 4.78 is 86.2. The molecule has 2 aromatic carbocycles. The molecule has 0 spiro atoms. The average Bonchev–Trinajstić information content (AvgIpc) is 2.73. The zero-order chi connectivity index (χ0) is 27.6. The fourth-order valence-electron chi connectivity index (χ4n) is 4.01. The van der Waals surface area contributed by atoms with E-state index in [1.807, 2.05) is 0 Å². The van der Waals surface area contributed by atoms with E-state index >= 15 is 0 Å². The van der Waals surface area contributed by atoms with E-state index in [0.29, 0.717) is 22.3 Å². The Kier molecular flexibility index (Phi) is 9.19. The normalized spacial score (nSPS) is 14.1. The van der Waals surface area contributed by atoms with E-state index in [0.717, 1.165) is 0 Å². The first-order valence-electron chi connectivity index (χ1n) is 12.0. The Morgan fingerprint density at radius 3 is 0.889 bits per heavy atom. The van der Waals surface area contributed by atoms with Gasteiger partial charge in [0.1, 0.15) is 0 Å². The van der Waals surface area contributed by atoms with Gasteiger partial charge in [0.05, 0.1) is 11.4 Å². The highest BCUT2D eigenvalue weighted by Gasteiger charge is 2.50. The van der Waals surface area contributed by atoms with Crippen LogP contribution in [0.25, 0.3) is 0 Å². The molecule has 0 aliphatic carbocycles. The number of hydrogen-bond donors (Lipinski definition) is 0. The van der Waals surface area contributed by atoms with Gasteiger partial charge < -0.3 is 0 Å². The number of hydrogen-bond acceptors (Lipinski definition) is 2. The smallest absolute Gasteiger partial charge is 0.241 e. The van der Waals surface area contributed by atoms with Gasteiger partial charge in [-0.05, 0) is 45.9 Å². The van der Waals surface area contributed by atoms with E-state index in [-0.39, 0.29) is 35.0 Å². The van der Waals surface area contributed by atoms with E-state index in [1.54, 1.807) is 91.8 Å². The summed E-state index contributed by atoms with van der Waals surface area (Å²) in [6.07, 6.45) is -10.8. The van der Waals surface area contributed by atoms with Crippen LogP contribution in [0.5, 0.6) is 0 Å². The van der Waals surface area contributed by atoms with Gasteiger partial charge in [-0.2, -0.15) is 26.3 Å². The van der Waals surface area contributed by atoms with E-state index in [1.165, 1.54) is 0 Å². The highest BCUT2D eigenvalue weighted by molar-refractivity contribution is 6.47. The minimum atomic E-state index is -5.39. The van der Waals surface area contributed by atoms with Gasteiger partial charge in [-0.15, -0.1) is 0 Å². The summed E-state index contributed by atoms with van der Waals surface area (Å²) in [6, 6.07) is 9.75. The molecule has 0 fully saturated rings. The molecule has 0 heterocycles. The number of nitrogens with zero attached hydrogens (tertiary/aromatic N) is 2. The lowest BCUT2D eigenvalue weighted by Gasteiger charge is -2.22. The van der Waals surface area contributed by atoms with Crippen LogP contribution in [0, 0.1) is 0 Å². The molecule has 36 heavy (non-hydrogen) atoms. The topological polar surface area (TPSA) is 24.7 Å². The summed E-state index contributed by atoms with van der Waals surface area (Å²) in [5.74, 6) is -1.01. The van der Waals surface area contributed by atoms with Crippen molar-refractivity contribution < 1.29 is 26.3 Å². The molecule has 0 amide bonds. The van der Waals surface area contributed by atoms with Crippen LogP contribution in [0.15, 0.2) is 46.4 Å². The molecular formula is C28H34F6N2. The zero-order valence-electron chi connectivity index (χ0n) is 21.9. The number of para-hydroxylation sites is 2. The van der Waals surface area contributed by atoms with Crippen molar-refractivity contribution >= 4 is 22.8 Å². The van der Waals surface area contributed by atoms with Gasteiger partial charge in [0.25, 0.3) is 0 Å². The van der Waals surface area contributed by atoms with E-state index < -0.39 is 23.8 Å². The third-order valence-corrected chi connectivity index (χ3v) is 5.89. The van der Waals surface area contributed by atoms with Crippen molar-refractivity contribution in [3.05, 3.63) is 58.7 Å². The summed E-state index contributed by atoms with van der Waals surface area (Å²) in [5.41, 5.74) is -2.51. The number of halogens is 6. The quantitative estimate of drug-likeness (QED) is 0.260. The molecular weight excluding hydrogens is 478 g/mol. The van der Waals surface area contributed by atoms with Crippen LogP contribution in [0.4, 0.5) is 37.7 Å². The Morgan fingerprint density at radius 1 is 0.500 bits per heavy atom. The predicted octanol–water partition coefficient (Wildman–Crippen LogP) is 10.1. The largest absolute Gasteiger partial charge is 0.435 e. The van der Waals surface area contributed by atoms with E-state index in [2.05, 4.69) is 9.98 Å². The maximum atomic E-state index is 14.4. The highest BCUT2D eigenvalue weighted by atomic mass is 19.4. The number of rotatable bonds is 7. The molecule has 198 valence electrons. The van der Waals surface area contributed by atoms with Crippen LogP contribution in [-0.4, -0.2) is 23.8 Å². The van der Waals surface area contributed by atoms with Crippen LogP contribution >= 0.6 is 0 Å². The lowest BCUT2D eigenvalue weighted by molar-refractivity contribution is -0.0709.